The number of fused-ring (bicyclic) bond motifs is 1. The zero-order valence-corrected chi connectivity index (χ0v) is 15.8. The van der Waals surface area contributed by atoms with Crippen molar-refractivity contribution in [3.8, 4) is 0 Å². The molecule has 1 aromatic heterocycles. The maximum absolute atomic E-state index is 12.5. The van der Waals surface area contributed by atoms with Crippen LogP contribution in [0.5, 0.6) is 0 Å². The summed E-state index contributed by atoms with van der Waals surface area (Å²) in [6.45, 7) is 4.51. The van der Waals surface area contributed by atoms with E-state index in [1.807, 2.05) is 6.92 Å². The van der Waals surface area contributed by atoms with Crippen LogP contribution in [-0.2, 0) is 20.9 Å². The molecule has 8 nitrogen and oxygen atoms in total. The molecule has 1 unspecified atom stereocenters. The van der Waals surface area contributed by atoms with Crippen LogP contribution in [0.15, 0.2) is 23.6 Å². The molecule has 1 aliphatic rings. The van der Waals surface area contributed by atoms with Gasteiger partial charge in [-0.1, -0.05) is 11.6 Å². The number of aromatic nitrogens is 1. The van der Waals surface area contributed by atoms with Crippen LogP contribution in [-0.4, -0.2) is 39.6 Å². The molecule has 0 saturated heterocycles. The lowest BCUT2D eigenvalue weighted by Gasteiger charge is -2.20. The second-order valence-electron chi connectivity index (χ2n) is 6.14. The van der Waals surface area contributed by atoms with Crippen molar-refractivity contribution in [3.05, 3.63) is 46.0 Å². The number of nitrogens with one attached hydrogen (secondary N) is 1. The maximum atomic E-state index is 12.5. The van der Waals surface area contributed by atoms with Gasteiger partial charge in [-0.25, -0.2) is 9.78 Å². The van der Waals surface area contributed by atoms with Gasteiger partial charge in [0.2, 0.25) is 5.91 Å². The van der Waals surface area contributed by atoms with Crippen molar-refractivity contribution in [1.82, 2.24) is 9.88 Å². The van der Waals surface area contributed by atoms with Crippen LogP contribution in [0.4, 0.5) is 5.13 Å². The van der Waals surface area contributed by atoms with E-state index in [2.05, 4.69) is 10.3 Å². The van der Waals surface area contributed by atoms with Crippen LogP contribution in [0, 0.1) is 6.92 Å². The third-order valence-corrected chi connectivity index (χ3v) is 4.81. The second-order valence-corrected chi connectivity index (χ2v) is 7.00. The number of anilines is 1. The molecule has 0 saturated carbocycles. The standard InChI is InChI=1S/C18H17N3O5S/c1-9-4-5-13-14(6-9)16(24)21(15(13)23)10(2)17(25)26-7-12-8-27-18(20-12)19-11(3)22/h4-6,8,10H,7H2,1-3H3,(H,19,20,22). The molecule has 0 fully saturated rings. The van der Waals surface area contributed by atoms with E-state index in [-0.39, 0.29) is 18.1 Å². The van der Waals surface area contributed by atoms with Crippen LogP contribution < -0.4 is 5.32 Å². The number of carbonyl (C=O) groups excluding carboxylic acids is 4. The molecule has 140 valence electrons. The van der Waals surface area contributed by atoms with Crippen LogP contribution in [0.25, 0.3) is 0 Å². The van der Waals surface area contributed by atoms with Crippen LogP contribution in [0.3, 0.4) is 0 Å². The van der Waals surface area contributed by atoms with E-state index in [9.17, 15) is 19.2 Å². The summed E-state index contributed by atoms with van der Waals surface area (Å²) in [5.74, 6) is -1.98. The number of imide groups is 1. The van der Waals surface area contributed by atoms with Crippen molar-refractivity contribution < 1.29 is 23.9 Å². The fourth-order valence-electron chi connectivity index (χ4n) is 2.68. The van der Waals surface area contributed by atoms with E-state index in [0.29, 0.717) is 16.4 Å². The fourth-order valence-corrected chi connectivity index (χ4v) is 3.42. The van der Waals surface area contributed by atoms with Gasteiger partial charge in [-0.2, -0.15) is 0 Å². The Kier molecular flexibility index (Phi) is 5.04. The molecule has 0 aliphatic carbocycles. The number of ether oxygens (including phenoxy) is 1. The predicted octanol–water partition coefficient (Wildman–Crippen LogP) is 2.14. The van der Waals surface area contributed by atoms with E-state index in [4.69, 9.17) is 4.74 Å². The summed E-state index contributed by atoms with van der Waals surface area (Å²) in [5, 5.41) is 4.58. The molecule has 2 heterocycles. The van der Waals surface area contributed by atoms with Crippen LogP contribution in [0.1, 0.15) is 45.8 Å². The van der Waals surface area contributed by atoms with E-state index >= 15 is 0 Å². The summed E-state index contributed by atoms with van der Waals surface area (Å²) in [4.78, 5) is 53.4. The minimum Gasteiger partial charge on any atom is -0.458 e. The zero-order valence-electron chi connectivity index (χ0n) is 14.9. The minimum absolute atomic E-state index is 0.123. The van der Waals surface area contributed by atoms with E-state index in [1.54, 1.807) is 23.6 Å². The number of hydrogen-bond donors (Lipinski definition) is 1. The Morgan fingerprint density at radius 1 is 1.26 bits per heavy atom. The largest absolute Gasteiger partial charge is 0.458 e. The average Bonchev–Trinajstić information content (AvgIpc) is 3.14. The molecule has 1 N–H and O–H groups in total. The maximum Gasteiger partial charge on any atom is 0.329 e. The van der Waals surface area contributed by atoms with E-state index in [0.717, 1.165) is 10.5 Å². The highest BCUT2D eigenvalue weighted by Gasteiger charge is 2.41. The first-order valence-corrected chi connectivity index (χ1v) is 9.03. The average molecular weight is 387 g/mol. The quantitative estimate of drug-likeness (QED) is 0.622. The van der Waals surface area contributed by atoms with Crippen molar-refractivity contribution in [2.45, 2.75) is 33.4 Å². The Morgan fingerprint density at radius 2 is 1.96 bits per heavy atom. The molecule has 3 rings (SSSR count). The van der Waals surface area contributed by atoms with Crippen molar-refractivity contribution in [3.63, 3.8) is 0 Å². The molecule has 0 bridgehead atoms. The molecule has 0 radical (unpaired) electrons. The van der Waals surface area contributed by atoms with Gasteiger partial charge in [0.15, 0.2) is 5.13 Å². The van der Waals surface area contributed by atoms with Gasteiger partial charge in [-0.05, 0) is 26.0 Å². The molecular weight excluding hydrogens is 370 g/mol. The number of thiazole rings is 1. The van der Waals surface area contributed by atoms with Gasteiger partial charge in [-0.3, -0.25) is 19.3 Å². The molecule has 1 atom stereocenters. The number of amides is 3. The fraction of sp³-hybridized carbons (Fsp3) is 0.278. The first-order chi connectivity index (χ1) is 12.8. The summed E-state index contributed by atoms with van der Waals surface area (Å²) in [5.41, 5.74) is 1.89. The number of aryl methyl sites for hydroxylation is 1. The Balaban J connectivity index is 1.66. The third kappa shape index (κ3) is 3.72. The smallest absolute Gasteiger partial charge is 0.329 e. The van der Waals surface area contributed by atoms with E-state index < -0.39 is 23.8 Å². The van der Waals surface area contributed by atoms with Crippen LogP contribution >= 0.6 is 11.3 Å². The molecule has 9 heteroatoms. The van der Waals surface area contributed by atoms with Gasteiger partial charge in [0.1, 0.15) is 12.6 Å². The van der Waals surface area contributed by atoms with Crippen molar-refractivity contribution in [2.24, 2.45) is 0 Å². The second kappa shape index (κ2) is 7.28. The Morgan fingerprint density at radius 3 is 2.67 bits per heavy atom. The highest BCUT2D eigenvalue weighted by Crippen LogP contribution is 2.26. The molecule has 2 aromatic rings. The molecule has 3 amide bonds. The topological polar surface area (TPSA) is 106 Å². The number of hydrogen-bond acceptors (Lipinski definition) is 7. The summed E-state index contributed by atoms with van der Waals surface area (Å²) in [6.07, 6.45) is 0. The SMILES string of the molecule is CC(=O)Nc1nc(COC(=O)C(C)N2C(=O)c3ccc(C)cc3C2=O)cs1. The lowest BCUT2D eigenvalue weighted by atomic mass is 10.1. The third-order valence-electron chi connectivity index (χ3n) is 4.00. The Labute approximate surface area is 159 Å². The van der Waals surface area contributed by atoms with Crippen molar-refractivity contribution in [2.75, 3.05) is 5.32 Å². The normalized spacial score (nSPS) is 14.1. The zero-order chi connectivity index (χ0) is 19.7. The van der Waals surface area contributed by atoms with Crippen molar-refractivity contribution in [1.29, 1.82) is 0 Å². The summed E-state index contributed by atoms with van der Waals surface area (Å²) in [7, 11) is 0. The number of benzene rings is 1. The molecule has 0 spiro atoms. The number of esters is 1. The molecule has 1 aromatic carbocycles. The predicted molar refractivity (Wildman–Crippen MR) is 97.4 cm³/mol. The van der Waals surface area contributed by atoms with Gasteiger partial charge < -0.3 is 10.1 Å². The summed E-state index contributed by atoms with van der Waals surface area (Å²) in [6, 6.07) is 3.89. The summed E-state index contributed by atoms with van der Waals surface area (Å²) < 4.78 is 5.19. The monoisotopic (exact) mass is 387 g/mol. The first kappa shape index (κ1) is 18.7. The number of carbonyl (C=O) groups is 4. The Hall–Kier alpha value is -3.07. The molecular formula is C18H17N3O5S. The minimum atomic E-state index is -1.06. The first-order valence-electron chi connectivity index (χ1n) is 8.15. The van der Waals surface area contributed by atoms with Gasteiger partial charge in [0.25, 0.3) is 11.8 Å². The van der Waals surface area contributed by atoms with Crippen LogP contribution in [0.2, 0.25) is 0 Å². The van der Waals surface area contributed by atoms with Gasteiger partial charge >= 0.3 is 5.97 Å². The Bertz CT molecular complexity index is 952. The highest BCUT2D eigenvalue weighted by molar-refractivity contribution is 7.13. The summed E-state index contributed by atoms with van der Waals surface area (Å²) >= 11 is 1.20. The van der Waals surface area contributed by atoms with Gasteiger partial charge in [0.05, 0.1) is 16.8 Å². The number of rotatable bonds is 5. The van der Waals surface area contributed by atoms with Crippen molar-refractivity contribution >= 4 is 40.2 Å². The van der Waals surface area contributed by atoms with E-state index in [1.165, 1.54) is 25.2 Å². The molecule has 1 aliphatic heterocycles. The molecule has 27 heavy (non-hydrogen) atoms. The lowest BCUT2D eigenvalue weighted by Crippen LogP contribution is -2.43. The lowest BCUT2D eigenvalue weighted by molar-refractivity contribution is -0.149. The number of nitrogens with zero attached hydrogens (tertiary/aromatic N) is 2. The highest BCUT2D eigenvalue weighted by atomic mass is 32.1. The van der Waals surface area contributed by atoms with Gasteiger partial charge in [0, 0.05) is 12.3 Å². The van der Waals surface area contributed by atoms with Gasteiger partial charge in [-0.15, -0.1) is 11.3 Å².